The maximum atomic E-state index is 12.2. The van der Waals surface area contributed by atoms with Crippen LogP contribution in [0.3, 0.4) is 0 Å². The maximum Gasteiger partial charge on any atom is 0.241 e. The van der Waals surface area contributed by atoms with E-state index in [1.54, 1.807) is 7.11 Å². The number of carbonyl (C=O) groups excluding carboxylic acids is 1. The number of hydrogen-bond donors (Lipinski definition) is 2. The predicted octanol–water partition coefficient (Wildman–Crippen LogP) is 2.85. The first-order valence-electron chi connectivity index (χ1n) is 6.50. The molecule has 4 nitrogen and oxygen atoms in total. The van der Waals surface area contributed by atoms with E-state index < -0.39 is 0 Å². The summed E-state index contributed by atoms with van der Waals surface area (Å²) in [7, 11) is 1.61. The molecule has 1 amide bonds. The Hall–Kier alpha value is -1.07. The molecular weight excluding hydrogens is 308 g/mol. The highest BCUT2D eigenvalue weighted by Crippen LogP contribution is 2.32. The van der Waals surface area contributed by atoms with Gasteiger partial charge in [0.25, 0.3) is 0 Å². The minimum absolute atomic E-state index is 0.0171. The average Bonchev–Trinajstić information content (AvgIpc) is 2.42. The lowest BCUT2D eigenvalue weighted by molar-refractivity contribution is -0.118. The molecule has 1 aromatic rings. The van der Waals surface area contributed by atoms with Crippen molar-refractivity contribution in [2.75, 3.05) is 19.0 Å². The highest BCUT2D eigenvalue weighted by Gasteiger charge is 2.22. The molecule has 1 aromatic carbocycles. The van der Waals surface area contributed by atoms with Crippen LogP contribution in [0.5, 0.6) is 5.75 Å². The molecule has 0 bridgehead atoms. The van der Waals surface area contributed by atoms with Gasteiger partial charge in [-0.05, 0) is 44.0 Å². The van der Waals surface area contributed by atoms with Crippen molar-refractivity contribution in [3.8, 4) is 5.75 Å². The summed E-state index contributed by atoms with van der Waals surface area (Å²) in [6.45, 7) is 2.87. The SMILES string of the molecule is COc1cc(Br)cc(C)c1NC(=O)C1CCCCN1. The molecule has 2 N–H and O–H groups in total. The van der Waals surface area contributed by atoms with Gasteiger partial charge in [0, 0.05) is 4.47 Å². The summed E-state index contributed by atoms with van der Waals surface area (Å²) in [5.41, 5.74) is 1.73. The topological polar surface area (TPSA) is 50.4 Å². The van der Waals surface area contributed by atoms with Crippen molar-refractivity contribution < 1.29 is 9.53 Å². The molecule has 0 aromatic heterocycles. The summed E-state index contributed by atoms with van der Waals surface area (Å²) in [6.07, 6.45) is 3.13. The lowest BCUT2D eigenvalue weighted by Gasteiger charge is -2.23. The Balaban J connectivity index is 2.15. The van der Waals surface area contributed by atoms with Crippen molar-refractivity contribution in [1.29, 1.82) is 0 Å². The first-order valence-corrected chi connectivity index (χ1v) is 7.29. The minimum Gasteiger partial charge on any atom is -0.495 e. The Morgan fingerprint density at radius 3 is 2.89 bits per heavy atom. The number of halogens is 1. The third-order valence-corrected chi connectivity index (χ3v) is 3.82. The molecule has 0 spiro atoms. The molecule has 0 radical (unpaired) electrons. The van der Waals surface area contributed by atoms with Gasteiger partial charge in [0.15, 0.2) is 0 Å². The molecule has 5 heteroatoms. The van der Waals surface area contributed by atoms with E-state index in [1.807, 2.05) is 19.1 Å². The van der Waals surface area contributed by atoms with Crippen LogP contribution in [-0.4, -0.2) is 25.6 Å². The second-order valence-electron chi connectivity index (χ2n) is 4.79. The van der Waals surface area contributed by atoms with E-state index in [0.29, 0.717) is 5.75 Å². The summed E-state index contributed by atoms with van der Waals surface area (Å²) in [5.74, 6) is 0.694. The lowest BCUT2D eigenvalue weighted by Crippen LogP contribution is -2.43. The van der Waals surface area contributed by atoms with E-state index in [4.69, 9.17) is 4.74 Å². The molecule has 1 aliphatic rings. The number of aryl methyl sites for hydroxylation is 1. The lowest BCUT2D eigenvalue weighted by atomic mass is 10.0. The number of amides is 1. The Morgan fingerprint density at radius 1 is 1.47 bits per heavy atom. The number of benzene rings is 1. The molecule has 1 atom stereocenters. The molecule has 1 aliphatic heterocycles. The van der Waals surface area contributed by atoms with E-state index in [2.05, 4.69) is 26.6 Å². The van der Waals surface area contributed by atoms with Crippen LogP contribution < -0.4 is 15.4 Å². The molecule has 2 rings (SSSR count). The number of rotatable bonds is 3. The largest absolute Gasteiger partial charge is 0.495 e. The molecule has 1 saturated heterocycles. The van der Waals surface area contributed by atoms with Crippen LogP contribution in [0.25, 0.3) is 0 Å². The zero-order valence-electron chi connectivity index (χ0n) is 11.3. The van der Waals surface area contributed by atoms with Crippen LogP contribution in [0.1, 0.15) is 24.8 Å². The van der Waals surface area contributed by atoms with Crippen molar-refractivity contribution in [3.63, 3.8) is 0 Å². The second-order valence-corrected chi connectivity index (χ2v) is 5.71. The second kappa shape index (κ2) is 6.39. The van der Waals surface area contributed by atoms with Crippen molar-refractivity contribution in [1.82, 2.24) is 5.32 Å². The summed E-state index contributed by atoms with van der Waals surface area (Å²) in [6, 6.07) is 3.73. The first kappa shape index (κ1) is 14.3. The van der Waals surface area contributed by atoms with E-state index in [9.17, 15) is 4.79 Å². The van der Waals surface area contributed by atoms with Gasteiger partial charge in [0.05, 0.1) is 18.8 Å². The minimum atomic E-state index is -0.0958. The Bertz CT molecular complexity index is 471. The highest BCUT2D eigenvalue weighted by atomic mass is 79.9. The normalized spacial score (nSPS) is 19.0. The Labute approximate surface area is 122 Å². The number of methoxy groups -OCH3 is 1. The number of piperidine rings is 1. The van der Waals surface area contributed by atoms with Crippen LogP contribution in [-0.2, 0) is 4.79 Å². The molecule has 0 aliphatic carbocycles. The molecule has 19 heavy (non-hydrogen) atoms. The maximum absolute atomic E-state index is 12.2. The van der Waals surface area contributed by atoms with Crippen molar-refractivity contribution in [3.05, 3.63) is 22.2 Å². The van der Waals surface area contributed by atoms with Gasteiger partial charge in [0.2, 0.25) is 5.91 Å². The monoisotopic (exact) mass is 326 g/mol. The Kier molecular flexibility index (Phi) is 4.82. The van der Waals surface area contributed by atoms with E-state index >= 15 is 0 Å². The van der Waals surface area contributed by atoms with Crippen LogP contribution in [0.2, 0.25) is 0 Å². The molecule has 1 unspecified atom stereocenters. The van der Waals surface area contributed by atoms with Gasteiger partial charge in [-0.1, -0.05) is 22.4 Å². The summed E-state index contributed by atoms with van der Waals surface area (Å²) >= 11 is 3.43. The fourth-order valence-electron chi connectivity index (χ4n) is 2.32. The summed E-state index contributed by atoms with van der Waals surface area (Å²) in [4.78, 5) is 12.2. The molecule has 104 valence electrons. The van der Waals surface area contributed by atoms with Gasteiger partial charge in [-0.15, -0.1) is 0 Å². The van der Waals surface area contributed by atoms with Crippen LogP contribution in [0.4, 0.5) is 5.69 Å². The predicted molar refractivity (Wildman–Crippen MR) is 79.7 cm³/mol. The van der Waals surface area contributed by atoms with E-state index in [0.717, 1.165) is 41.5 Å². The van der Waals surface area contributed by atoms with Gasteiger partial charge in [0.1, 0.15) is 5.75 Å². The van der Waals surface area contributed by atoms with Crippen LogP contribution in [0.15, 0.2) is 16.6 Å². The quantitative estimate of drug-likeness (QED) is 0.898. The summed E-state index contributed by atoms with van der Waals surface area (Å²) < 4.78 is 6.27. The number of anilines is 1. The first-order chi connectivity index (χ1) is 9.11. The molecule has 1 heterocycles. The fraction of sp³-hybridized carbons (Fsp3) is 0.500. The number of hydrogen-bond acceptors (Lipinski definition) is 3. The van der Waals surface area contributed by atoms with Gasteiger partial charge < -0.3 is 15.4 Å². The summed E-state index contributed by atoms with van der Waals surface area (Å²) in [5, 5.41) is 6.22. The van der Waals surface area contributed by atoms with Crippen molar-refractivity contribution in [2.45, 2.75) is 32.2 Å². The third kappa shape index (κ3) is 3.48. The van der Waals surface area contributed by atoms with Gasteiger partial charge >= 0.3 is 0 Å². The smallest absolute Gasteiger partial charge is 0.241 e. The fourth-order valence-corrected chi connectivity index (χ4v) is 2.87. The molecule has 1 fully saturated rings. The highest BCUT2D eigenvalue weighted by molar-refractivity contribution is 9.10. The number of carbonyl (C=O) groups is 1. The standard InChI is InChI=1S/C14H19BrN2O2/c1-9-7-10(15)8-12(19-2)13(9)17-14(18)11-5-3-4-6-16-11/h7-8,11,16H,3-6H2,1-2H3,(H,17,18). The van der Waals surface area contributed by atoms with Crippen molar-refractivity contribution in [2.24, 2.45) is 0 Å². The van der Waals surface area contributed by atoms with Gasteiger partial charge in [-0.3, -0.25) is 4.79 Å². The number of ether oxygens (including phenoxy) is 1. The zero-order valence-corrected chi connectivity index (χ0v) is 12.8. The average molecular weight is 327 g/mol. The molecule has 0 saturated carbocycles. The number of nitrogens with one attached hydrogen (secondary N) is 2. The molecular formula is C14H19BrN2O2. The van der Waals surface area contributed by atoms with Gasteiger partial charge in [-0.2, -0.15) is 0 Å². The third-order valence-electron chi connectivity index (χ3n) is 3.36. The van der Waals surface area contributed by atoms with E-state index in [1.165, 1.54) is 0 Å². The zero-order chi connectivity index (χ0) is 13.8. The van der Waals surface area contributed by atoms with Crippen molar-refractivity contribution >= 4 is 27.5 Å². The van der Waals surface area contributed by atoms with Crippen LogP contribution in [0, 0.1) is 6.92 Å². The van der Waals surface area contributed by atoms with Gasteiger partial charge in [-0.25, -0.2) is 0 Å². The van der Waals surface area contributed by atoms with Crippen LogP contribution >= 0.6 is 15.9 Å². The van der Waals surface area contributed by atoms with E-state index in [-0.39, 0.29) is 11.9 Å². The Morgan fingerprint density at radius 2 is 2.26 bits per heavy atom.